The van der Waals surface area contributed by atoms with Gasteiger partial charge in [0.25, 0.3) is 5.69 Å². The first-order valence-electron chi connectivity index (χ1n) is 8.95. The molecule has 0 fully saturated rings. The largest absolute Gasteiger partial charge is 0.497 e. The minimum Gasteiger partial charge on any atom is -0.497 e. The van der Waals surface area contributed by atoms with E-state index in [0.29, 0.717) is 33.1 Å². The molecule has 0 bridgehead atoms. The van der Waals surface area contributed by atoms with E-state index in [1.54, 1.807) is 36.8 Å². The molecule has 0 aliphatic heterocycles. The molecule has 0 saturated heterocycles. The van der Waals surface area contributed by atoms with E-state index in [1.165, 1.54) is 23.5 Å². The molecule has 2 heterocycles. The number of fused-ring (bicyclic) bond motifs is 1. The number of nitro benzene ring substituents is 1. The Labute approximate surface area is 186 Å². The average molecular weight is 449 g/mol. The van der Waals surface area contributed by atoms with Crippen LogP contribution in [0.2, 0.25) is 5.15 Å². The quantitative estimate of drug-likeness (QED) is 0.161. The molecular weight excluding hydrogens is 436 g/mol. The number of thiazole rings is 1. The zero-order chi connectivity index (χ0) is 22.0. The molecule has 2 aromatic carbocycles. The summed E-state index contributed by atoms with van der Waals surface area (Å²) in [6.45, 7) is 0. The highest BCUT2D eigenvalue weighted by Crippen LogP contribution is 2.30. The number of aromatic nitrogens is 2. The van der Waals surface area contributed by atoms with Crippen molar-refractivity contribution in [2.24, 2.45) is 0 Å². The monoisotopic (exact) mass is 448 g/mol. The molecule has 0 atom stereocenters. The van der Waals surface area contributed by atoms with Gasteiger partial charge in [0.15, 0.2) is 0 Å². The Morgan fingerprint density at radius 1 is 1.23 bits per heavy atom. The fourth-order valence-electron chi connectivity index (χ4n) is 2.95. The zero-order valence-electron chi connectivity index (χ0n) is 16.1. The number of nitro groups is 1. The average Bonchev–Trinajstić information content (AvgIpc) is 3.27. The van der Waals surface area contributed by atoms with Crippen molar-refractivity contribution in [2.45, 2.75) is 0 Å². The number of nitrogens with zero attached hydrogens (tertiary/aromatic N) is 4. The first-order valence-corrected chi connectivity index (χ1v) is 10.2. The van der Waals surface area contributed by atoms with Crippen molar-refractivity contribution >= 4 is 51.2 Å². The Hall–Kier alpha value is -3.80. The normalized spacial score (nSPS) is 11.3. The van der Waals surface area contributed by atoms with Crippen molar-refractivity contribution in [3.63, 3.8) is 0 Å². The van der Waals surface area contributed by atoms with Crippen molar-refractivity contribution < 1.29 is 9.66 Å². The molecule has 2 aromatic heterocycles. The Balaban J connectivity index is 1.68. The van der Waals surface area contributed by atoms with E-state index in [0.717, 1.165) is 10.9 Å². The topological polar surface area (TPSA) is 102 Å². The number of methoxy groups -OCH3 is 1. The Morgan fingerprint density at radius 3 is 2.68 bits per heavy atom. The summed E-state index contributed by atoms with van der Waals surface area (Å²) in [6.07, 6.45) is 1.65. The minimum absolute atomic E-state index is 0.00730. The molecule has 4 rings (SSSR count). The van der Waals surface area contributed by atoms with Gasteiger partial charge in [-0.3, -0.25) is 10.1 Å². The highest BCUT2D eigenvalue weighted by molar-refractivity contribution is 7.11. The van der Waals surface area contributed by atoms with Crippen LogP contribution in [0.4, 0.5) is 5.69 Å². The summed E-state index contributed by atoms with van der Waals surface area (Å²) < 4.78 is 5.21. The number of pyridine rings is 1. The molecular formula is C22H13ClN4O3S. The molecule has 9 heteroatoms. The second-order valence-electron chi connectivity index (χ2n) is 6.44. The lowest BCUT2D eigenvalue weighted by Crippen LogP contribution is -1.89. The molecule has 4 aromatic rings. The van der Waals surface area contributed by atoms with Gasteiger partial charge in [0.05, 0.1) is 28.8 Å². The second kappa shape index (κ2) is 8.52. The molecule has 0 aliphatic carbocycles. The summed E-state index contributed by atoms with van der Waals surface area (Å²) in [7, 11) is 1.58. The zero-order valence-corrected chi connectivity index (χ0v) is 17.6. The summed E-state index contributed by atoms with van der Waals surface area (Å²) in [6, 6.07) is 15.6. The molecule has 0 unspecified atom stereocenters. The van der Waals surface area contributed by atoms with Crippen molar-refractivity contribution in [2.75, 3.05) is 7.11 Å². The lowest BCUT2D eigenvalue weighted by atomic mass is 10.1. The standard InChI is InChI=1S/C22H13ClN4O3S/c1-30-18-7-4-14-8-15(21(23)25-19(14)10-18)9-16(11-24)22-26-20(12-31-22)13-2-5-17(6-3-13)27(28)29/h2-10,12H,1H3/b16-9+. The highest BCUT2D eigenvalue weighted by Gasteiger charge is 2.13. The number of rotatable bonds is 5. The first-order chi connectivity index (χ1) is 15.0. The van der Waals surface area contributed by atoms with Gasteiger partial charge in [-0.25, -0.2) is 9.97 Å². The molecule has 0 amide bonds. The number of halogens is 1. The molecule has 0 spiro atoms. The number of hydrogen-bond acceptors (Lipinski definition) is 7. The smallest absolute Gasteiger partial charge is 0.269 e. The van der Waals surface area contributed by atoms with E-state index in [9.17, 15) is 15.4 Å². The molecule has 0 aliphatic rings. The van der Waals surface area contributed by atoms with Gasteiger partial charge in [-0.05, 0) is 36.4 Å². The van der Waals surface area contributed by atoms with Crippen LogP contribution in [0.5, 0.6) is 5.75 Å². The van der Waals surface area contributed by atoms with Crippen LogP contribution < -0.4 is 4.74 Å². The summed E-state index contributed by atoms with van der Waals surface area (Å²) in [5, 5.41) is 23.9. The molecule has 0 radical (unpaired) electrons. The Morgan fingerprint density at radius 2 is 2.00 bits per heavy atom. The maximum absolute atomic E-state index is 10.8. The predicted molar refractivity (Wildman–Crippen MR) is 121 cm³/mol. The predicted octanol–water partition coefficient (Wildman–Crippen LogP) is 5.99. The van der Waals surface area contributed by atoms with Crippen LogP contribution in [-0.4, -0.2) is 22.0 Å². The number of benzene rings is 2. The van der Waals surface area contributed by atoms with Crippen LogP contribution in [0.25, 0.3) is 33.8 Å². The van der Waals surface area contributed by atoms with Crippen LogP contribution in [0.1, 0.15) is 10.6 Å². The molecule has 31 heavy (non-hydrogen) atoms. The van der Waals surface area contributed by atoms with E-state index in [1.807, 2.05) is 18.2 Å². The van der Waals surface area contributed by atoms with E-state index < -0.39 is 4.92 Å². The van der Waals surface area contributed by atoms with Crippen LogP contribution >= 0.6 is 22.9 Å². The summed E-state index contributed by atoms with van der Waals surface area (Å²) in [5.41, 5.74) is 3.00. The third-order valence-corrected chi connectivity index (χ3v) is 5.71. The van der Waals surface area contributed by atoms with E-state index in [4.69, 9.17) is 16.3 Å². The summed E-state index contributed by atoms with van der Waals surface area (Å²) in [5.74, 6) is 0.679. The number of allylic oxidation sites excluding steroid dienone is 1. The van der Waals surface area contributed by atoms with Crippen LogP contribution in [0.3, 0.4) is 0 Å². The van der Waals surface area contributed by atoms with Gasteiger partial charge in [0.1, 0.15) is 22.0 Å². The molecule has 152 valence electrons. The molecule has 7 nitrogen and oxygen atoms in total. The van der Waals surface area contributed by atoms with E-state index in [-0.39, 0.29) is 10.8 Å². The Kier molecular flexibility index (Phi) is 5.62. The summed E-state index contributed by atoms with van der Waals surface area (Å²) >= 11 is 7.66. The van der Waals surface area contributed by atoms with Crippen LogP contribution in [0, 0.1) is 21.4 Å². The maximum atomic E-state index is 10.8. The number of nitriles is 1. The SMILES string of the molecule is COc1ccc2cc(/C=C(\C#N)c3nc(-c4ccc([N+](=O)[O-])cc4)cs3)c(Cl)nc2c1. The fourth-order valence-corrected chi connectivity index (χ4v) is 3.94. The third-order valence-electron chi connectivity index (χ3n) is 4.53. The summed E-state index contributed by atoms with van der Waals surface area (Å²) in [4.78, 5) is 19.3. The van der Waals surface area contributed by atoms with Crippen LogP contribution in [-0.2, 0) is 0 Å². The number of non-ortho nitro benzene ring substituents is 1. The van der Waals surface area contributed by atoms with Crippen LogP contribution in [0.15, 0.2) is 53.9 Å². The highest BCUT2D eigenvalue weighted by atomic mass is 35.5. The number of hydrogen-bond donors (Lipinski definition) is 0. The Bertz CT molecular complexity index is 1370. The van der Waals surface area contributed by atoms with Gasteiger partial charge in [-0.2, -0.15) is 5.26 Å². The lowest BCUT2D eigenvalue weighted by molar-refractivity contribution is -0.384. The third kappa shape index (κ3) is 4.23. The van der Waals surface area contributed by atoms with E-state index in [2.05, 4.69) is 16.0 Å². The van der Waals surface area contributed by atoms with Gasteiger partial charge >= 0.3 is 0 Å². The van der Waals surface area contributed by atoms with Gasteiger partial charge in [0.2, 0.25) is 0 Å². The van der Waals surface area contributed by atoms with Crippen molar-refractivity contribution in [1.82, 2.24) is 9.97 Å². The first kappa shape index (κ1) is 20.5. The lowest BCUT2D eigenvalue weighted by Gasteiger charge is -2.05. The maximum Gasteiger partial charge on any atom is 0.269 e. The van der Waals surface area contributed by atoms with Crippen molar-refractivity contribution in [3.05, 3.63) is 79.7 Å². The van der Waals surface area contributed by atoms with Gasteiger partial charge < -0.3 is 4.74 Å². The van der Waals surface area contributed by atoms with E-state index >= 15 is 0 Å². The van der Waals surface area contributed by atoms with Gasteiger partial charge in [-0.15, -0.1) is 11.3 Å². The number of ether oxygens (including phenoxy) is 1. The van der Waals surface area contributed by atoms with Crippen molar-refractivity contribution in [3.8, 4) is 23.1 Å². The van der Waals surface area contributed by atoms with Gasteiger partial charge in [0, 0.05) is 40.1 Å². The van der Waals surface area contributed by atoms with Gasteiger partial charge in [-0.1, -0.05) is 11.6 Å². The minimum atomic E-state index is -0.454. The second-order valence-corrected chi connectivity index (χ2v) is 7.65. The fraction of sp³-hybridized carbons (Fsp3) is 0.0455. The van der Waals surface area contributed by atoms with Crippen molar-refractivity contribution in [1.29, 1.82) is 5.26 Å². The molecule has 0 saturated carbocycles. The molecule has 0 N–H and O–H groups in total.